The highest BCUT2D eigenvalue weighted by Gasteiger charge is 1.85. The van der Waals surface area contributed by atoms with Crippen LogP contribution in [0.1, 0.15) is 19.3 Å². The average Bonchev–Trinajstić information content (AvgIpc) is 1.97. The summed E-state index contributed by atoms with van der Waals surface area (Å²) in [6.07, 6.45) is 2.74. The zero-order valence-electron chi connectivity index (χ0n) is 6.27. The molecule has 0 fully saturated rings. The molecule has 0 aliphatic carbocycles. The Kier molecular flexibility index (Phi) is 7.91. The van der Waals surface area contributed by atoms with E-state index in [2.05, 4.69) is 11.4 Å². The lowest BCUT2D eigenvalue weighted by atomic mass is 10.2. The van der Waals surface area contributed by atoms with Gasteiger partial charge in [-0.2, -0.15) is 5.26 Å². The average molecular weight is 141 g/mol. The van der Waals surface area contributed by atoms with Crippen molar-refractivity contribution in [2.24, 2.45) is 5.73 Å². The van der Waals surface area contributed by atoms with Gasteiger partial charge < -0.3 is 11.1 Å². The molecule has 0 aromatic carbocycles. The quantitative estimate of drug-likeness (QED) is 0.520. The molecule has 0 aliphatic rings. The summed E-state index contributed by atoms with van der Waals surface area (Å²) in [5.74, 6) is 0. The van der Waals surface area contributed by atoms with Crippen LogP contribution in [0.4, 0.5) is 0 Å². The van der Waals surface area contributed by atoms with Crippen LogP contribution in [-0.4, -0.2) is 19.6 Å². The Morgan fingerprint density at radius 3 is 2.70 bits per heavy atom. The maximum Gasteiger partial charge on any atom is 0.0621 e. The van der Waals surface area contributed by atoms with Crippen molar-refractivity contribution in [2.45, 2.75) is 19.3 Å². The molecular formula is C7H15N3. The van der Waals surface area contributed by atoms with Gasteiger partial charge in [0.1, 0.15) is 0 Å². The van der Waals surface area contributed by atoms with Crippen LogP contribution in [0.25, 0.3) is 0 Å². The zero-order chi connectivity index (χ0) is 7.66. The van der Waals surface area contributed by atoms with Gasteiger partial charge in [-0.1, -0.05) is 0 Å². The summed E-state index contributed by atoms with van der Waals surface area (Å²) in [6, 6.07) is 2.11. The lowest BCUT2D eigenvalue weighted by molar-refractivity contribution is 0.633. The molecule has 3 nitrogen and oxygen atoms in total. The predicted octanol–water partition coefficient (Wildman–Crippen LogP) is 0.229. The number of nitriles is 1. The summed E-state index contributed by atoms with van der Waals surface area (Å²) in [6.45, 7) is 2.56. The largest absolute Gasteiger partial charge is 0.329 e. The van der Waals surface area contributed by atoms with E-state index >= 15 is 0 Å². The zero-order valence-corrected chi connectivity index (χ0v) is 6.27. The number of unbranched alkanes of at least 4 members (excludes halogenated alkanes) is 2. The van der Waals surface area contributed by atoms with E-state index in [-0.39, 0.29) is 0 Å². The third-order valence-corrected chi connectivity index (χ3v) is 1.21. The fraction of sp³-hybridized carbons (Fsp3) is 0.857. The molecule has 0 saturated heterocycles. The van der Waals surface area contributed by atoms with Crippen LogP contribution in [-0.2, 0) is 0 Å². The van der Waals surface area contributed by atoms with E-state index in [4.69, 9.17) is 11.0 Å². The predicted molar refractivity (Wildman–Crippen MR) is 41.4 cm³/mol. The number of nitrogens with one attached hydrogen (secondary N) is 1. The van der Waals surface area contributed by atoms with Crippen molar-refractivity contribution in [3.05, 3.63) is 0 Å². The van der Waals surface area contributed by atoms with Crippen molar-refractivity contribution in [3.8, 4) is 6.07 Å². The van der Waals surface area contributed by atoms with Crippen molar-refractivity contribution in [1.82, 2.24) is 5.32 Å². The van der Waals surface area contributed by atoms with Gasteiger partial charge in [0.15, 0.2) is 0 Å². The summed E-state index contributed by atoms with van der Waals surface area (Å²) in [7, 11) is 0. The smallest absolute Gasteiger partial charge is 0.0621 e. The van der Waals surface area contributed by atoms with E-state index in [0.29, 0.717) is 13.0 Å². The molecule has 0 amide bonds. The van der Waals surface area contributed by atoms with Crippen molar-refractivity contribution in [1.29, 1.82) is 5.26 Å². The molecule has 0 aliphatic heterocycles. The van der Waals surface area contributed by atoms with Gasteiger partial charge in [0.2, 0.25) is 0 Å². The SMILES string of the molecule is N#CCCCCNCCN. The van der Waals surface area contributed by atoms with Gasteiger partial charge in [-0.3, -0.25) is 0 Å². The van der Waals surface area contributed by atoms with Crippen LogP contribution in [0.5, 0.6) is 0 Å². The lowest BCUT2D eigenvalue weighted by Gasteiger charge is -1.99. The normalized spacial score (nSPS) is 9.20. The van der Waals surface area contributed by atoms with Crippen molar-refractivity contribution in [2.75, 3.05) is 19.6 Å². The maximum absolute atomic E-state index is 8.18. The lowest BCUT2D eigenvalue weighted by Crippen LogP contribution is -2.23. The van der Waals surface area contributed by atoms with Crippen molar-refractivity contribution < 1.29 is 0 Å². The Balaban J connectivity index is 2.72. The molecule has 0 unspecified atom stereocenters. The van der Waals surface area contributed by atoms with Crippen molar-refractivity contribution in [3.63, 3.8) is 0 Å². The number of rotatable bonds is 6. The van der Waals surface area contributed by atoms with Crippen LogP contribution < -0.4 is 11.1 Å². The highest BCUT2D eigenvalue weighted by molar-refractivity contribution is 4.68. The molecule has 58 valence electrons. The standard InChI is InChI=1S/C7H15N3/c8-4-2-1-3-6-10-7-5-9/h10H,1-3,5-7,9H2. The Labute approximate surface area is 62.2 Å². The summed E-state index contributed by atoms with van der Waals surface area (Å²) in [4.78, 5) is 0. The Morgan fingerprint density at radius 1 is 1.30 bits per heavy atom. The van der Waals surface area contributed by atoms with Gasteiger partial charge >= 0.3 is 0 Å². The number of nitrogens with zero attached hydrogens (tertiary/aromatic N) is 1. The number of hydrogen-bond acceptors (Lipinski definition) is 3. The van der Waals surface area contributed by atoms with E-state index in [1.807, 2.05) is 0 Å². The van der Waals surface area contributed by atoms with Crippen LogP contribution in [0.15, 0.2) is 0 Å². The number of nitrogens with two attached hydrogens (primary N) is 1. The monoisotopic (exact) mass is 141 g/mol. The first-order valence-electron chi connectivity index (χ1n) is 3.69. The van der Waals surface area contributed by atoms with Gasteiger partial charge in [0.25, 0.3) is 0 Å². The van der Waals surface area contributed by atoms with Crippen LogP contribution in [0.2, 0.25) is 0 Å². The minimum atomic E-state index is 0.671. The van der Waals surface area contributed by atoms with E-state index < -0.39 is 0 Å². The van der Waals surface area contributed by atoms with Crippen LogP contribution in [0.3, 0.4) is 0 Å². The molecule has 0 aromatic rings. The first kappa shape index (κ1) is 9.41. The Bertz CT molecular complexity index is 95.5. The molecule has 0 spiro atoms. The summed E-state index contributed by atoms with van der Waals surface area (Å²) in [5, 5.41) is 11.3. The summed E-state index contributed by atoms with van der Waals surface area (Å²) in [5.41, 5.74) is 5.25. The van der Waals surface area contributed by atoms with Gasteiger partial charge in [-0.15, -0.1) is 0 Å². The van der Waals surface area contributed by atoms with Crippen LogP contribution in [0, 0.1) is 11.3 Å². The molecule has 0 saturated carbocycles. The topological polar surface area (TPSA) is 61.8 Å². The van der Waals surface area contributed by atoms with Gasteiger partial charge in [-0.25, -0.2) is 0 Å². The van der Waals surface area contributed by atoms with E-state index in [1.54, 1.807) is 0 Å². The molecule has 0 bridgehead atoms. The summed E-state index contributed by atoms with van der Waals surface area (Å²) >= 11 is 0. The molecule has 10 heavy (non-hydrogen) atoms. The molecule has 0 aromatic heterocycles. The van der Waals surface area contributed by atoms with Crippen LogP contribution >= 0.6 is 0 Å². The highest BCUT2D eigenvalue weighted by Crippen LogP contribution is 1.90. The highest BCUT2D eigenvalue weighted by atomic mass is 14.9. The molecule has 0 radical (unpaired) electrons. The van der Waals surface area contributed by atoms with E-state index in [9.17, 15) is 0 Å². The molecule has 0 heterocycles. The molecule has 3 N–H and O–H groups in total. The van der Waals surface area contributed by atoms with E-state index in [1.165, 1.54) is 0 Å². The fourth-order valence-electron chi connectivity index (χ4n) is 0.681. The molecule has 3 heteroatoms. The molecular weight excluding hydrogens is 126 g/mol. The van der Waals surface area contributed by atoms with E-state index in [0.717, 1.165) is 25.9 Å². The maximum atomic E-state index is 8.18. The Hall–Kier alpha value is -0.590. The third-order valence-electron chi connectivity index (χ3n) is 1.21. The van der Waals surface area contributed by atoms with Gasteiger partial charge in [0, 0.05) is 19.5 Å². The first-order valence-corrected chi connectivity index (χ1v) is 3.69. The van der Waals surface area contributed by atoms with Gasteiger partial charge in [0.05, 0.1) is 6.07 Å². The second-order valence-corrected chi connectivity index (χ2v) is 2.15. The second-order valence-electron chi connectivity index (χ2n) is 2.15. The number of hydrogen-bond donors (Lipinski definition) is 2. The van der Waals surface area contributed by atoms with Crippen molar-refractivity contribution >= 4 is 0 Å². The molecule has 0 rings (SSSR count). The minimum Gasteiger partial charge on any atom is -0.329 e. The second kappa shape index (κ2) is 8.41. The van der Waals surface area contributed by atoms with Gasteiger partial charge in [-0.05, 0) is 19.4 Å². The Morgan fingerprint density at radius 2 is 2.10 bits per heavy atom. The summed E-state index contributed by atoms with van der Waals surface area (Å²) < 4.78 is 0. The first-order chi connectivity index (χ1) is 4.91. The minimum absolute atomic E-state index is 0.671. The third kappa shape index (κ3) is 7.41. The fourth-order valence-corrected chi connectivity index (χ4v) is 0.681. The molecule has 0 atom stereocenters.